The van der Waals surface area contributed by atoms with E-state index in [0.717, 1.165) is 21.4 Å². The summed E-state index contributed by atoms with van der Waals surface area (Å²) in [6, 6.07) is 13.4. The topological polar surface area (TPSA) is 106 Å². The number of para-hydroxylation sites is 1. The van der Waals surface area contributed by atoms with Gasteiger partial charge < -0.3 is 4.74 Å². The van der Waals surface area contributed by atoms with E-state index in [9.17, 15) is 19.2 Å². The summed E-state index contributed by atoms with van der Waals surface area (Å²) in [5.41, 5.74) is 2.00. The Morgan fingerprint density at radius 1 is 1.03 bits per heavy atom. The predicted octanol–water partition coefficient (Wildman–Crippen LogP) is 2.21. The summed E-state index contributed by atoms with van der Waals surface area (Å²) < 4.78 is 5.89. The Labute approximate surface area is 176 Å². The van der Waals surface area contributed by atoms with Gasteiger partial charge in [0.1, 0.15) is 18.4 Å². The standard InChI is InChI=1S/C23H17N3O5/c27-19-9-8-17(21(28)25-19)26-22(29)15-5-3-7-18(20(15)23(26)30)31-12-13-10-14-4-1-2-6-16(14)24-11-13/h1-7,10-11,17H,8-9,12H2,(H,25,27,28)/t17-/m0/s1. The highest BCUT2D eigenvalue weighted by atomic mass is 16.5. The molecule has 154 valence electrons. The first-order valence-electron chi connectivity index (χ1n) is 9.84. The third-order valence-electron chi connectivity index (χ3n) is 5.47. The van der Waals surface area contributed by atoms with Gasteiger partial charge in [-0.2, -0.15) is 0 Å². The van der Waals surface area contributed by atoms with Crippen molar-refractivity contribution >= 4 is 34.5 Å². The number of hydrogen-bond donors (Lipinski definition) is 1. The highest BCUT2D eigenvalue weighted by Gasteiger charge is 2.45. The molecule has 2 aliphatic heterocycles. The van der Waals surface area contributed by atoms with Gasteiger partial charge in [-0.3, -0.25) is 34.4 Å². The van der Waals surface area contributed by atoms with E-state index < -0.39 is 29.7 Å². The maximum absolute atomic E-state index is 13.1. The molecular weight excluding hydrogens is 398 g/mol. The van der Waals surface area contributed by atoms with Crippen LogP contribution in [0.15, 0.2) is 54.7 Å². The Balaban J connectivity index is 1.41. The van der Waals surface area contributed by atoms with Crippen LogP contribution in [0.5, 0.6) is 5.75 Å². The summed E-state index contributed by atoms with van der Waals surface area (Å²) in [6.07, 6.45) is 1.88. The largest absolute Gasteiger partial charge is 0.488 e. The minimum Gasteiger partial charge on any atom is -0.488 e. The molecule has 4 amide bonds. The van der Waals surface area contributed by atoms with Crippen molar-refractivity contribution in [2.24, 2.45) is 0 Å². The average molecular weight is 415 g/mol. The van der Waals surface area contributed by atoms with Gasteiger partial charge in [0, 0.05) is 23.6 Å². The van der Waals surface area contributed by atoms with Crippen molar-refractivity contribution in [1.82, 2.24) is 15.2 Å². The summed E-state index contributed by atoms with van der Waals surface area (Å²) in [6.45, 7) is 0.161. The van der Waals surface area contributed by atoms with Crippen LogP contribution in [-0.2, 0) is 16.2 Å². The summed E-state index contributed by atoms with van der Waals surface area (Å²) in [4.78, 5) is 54.9. The molecule has 8 nitrogen and oxygen atoms in total. The molecule has 31 heavy (non-hydrogen) atoms. The van der Waals surface area contributed by atoms with E-state index in [1.807, 2.05) is 30.3 Å². The van der Waals surface area contributed by atoms with Gasteiger partial charge >= 0.3 is 0 Å². The molecule has 2 aliphatic rings. The predicted molar refractivity (Wildman–Crippen MR) is 109 cm³/mol. The fourth-order valence-electron chi connectivity index (χ4n) is 3.96. The number of nitrogens with zero attached hydrogens (tertiary/aromatic N) is 2. The molecule has 1 N–H and O–H groups in total. The molecular formula is C23H17N3O5. The third kappa shape index (κ3) is 3.22. The zero-order chi connectivity index (χ0) is 21.5. The Bertz CT molecular complexity index is 1270. The van der Waals surface area contributed by atoms with Gasteiger partial charge in [-0.15, -0.1) is 0 Å². The molecule has 5 rings (SSSR count). The second-order valence-electron chi connectivity index (χ2n) is 7.45. The van der Waals surface area contributed by atoms with Crippen molar-refractivity contribution < 1.29 is 23.9 Å². The van der Waals surface area contributed by atoms with Crippen molar-refractivity contribution in [3.8, 4) is 5.75 Å². The summed E-state index contributed by atoms with van der Waals surface area (Å²) in [5, 5.41) is 3.16. The number of carbonyl (C=O) groups excluding carboxylic acids is 4. The number of carbonyl (C=O) groups is 4. The zero-order valence-corrected chi connectivity index (χ0v) is 16.3. The summed E-state index contributed by atoms with van der Waals surface area (Å²) in [5.74, 6) is -1.95. The van der Waals surface area contributed by atoms with Gasteiger partial charge in [-0.05, 0) is 30.7 Å². The van der Waals surface area contributed by atoms with Gasteiger partial charge in [-0.25, -0.2) is 0 Å². The molecule has 0 unspecified atom stereocenters. The lowest BCUT2D eigenvalue weighted by Gasteiger charge is -2.27. The maximum atomic E-state index is 13.1. The smallest absolute Gasteiger partial charge is 0.266 e. The van der Waals surface area contributed by atoms with E-state index in [-0.39, 0.29) is 36.3 Å². The Morgan fingerprint density at radius 2 is 1.87 bits per heavy atom. The fourth-order valence-corrected chi connectivity index (χ4v) is 3.96. The molecule has 0 spiro atoms. The lowest BCUT2D eigenvalue weighted by atomic mass is 10.0. The van der Waals surface area contributed by atoms with E-state index in [1.165, 1.54) is 6.07 Å². The number of piperidine rings is 1. The van der Waals surface area contributed by atoms with Gasteiger partial charge in [0.25, 0.3) is 11.8 Å². The Morgan fingerprint density at radius 3 is 2.71 bits per heavy atom. The number of amides is 4. The molecule has 0 aliphatic carbocycles. The first-order valence-corrected chi connectivity index (χ1v) is 9.84. The first-order chi connectivity index (χ1) is 15.0. The molecule has 0 bridgehead atoms. The number of imide groups is 2. The van der Waals surface area contributed by atoms with Gasteiger partial charge in [-0.1, -0.05) is 24.3 Å². The number of hydrogen-bond acceptors (Lipinski definition) is 6. The quantitative estimate of drug-likeness (QED) is 0.655. The van der Waals surface area contributed by atoms with Crippen LogP contribution in [0, 0.1) is 0 Å². The third-order valence-corrected chi connectivity index (χ3v) is 5.47. The van der Waals surface area contributed by atoms with E-state index in [4.69, 9.17) is 4.74 Å². The molecule has 2 aromatic carbocycles. The molecule has 1 atom stereocenters. The van der Waals surface area contributed by atoms with Crippen molar-refractivity contribution in [3.05, 3.63) is 71.4 Å². The zero-order valence-electron chi connectivity index (χ0n) is 16.3. The van der Waals surface area contributed by atoms with Crippen LogP contribution in [-0.4, -0.2) is 39.6 Å². The molecule has 8 heteroatoms. The minimum atomic E-state index is -1.01. The molecule has 1 aromatic heterocycles. The highest BCUT2D eigenvalue weighted by Crippen LogP contribution is 2.34. The van der Waals surface area contributed by atoms with Gasteiger partial charge in [0.15, 0.2) is 0 Å². The summed E-state index contributed by atoms with van der Waals surface area (Å²) >= 11 is 0. The number of rotatable bonds is 4. The number of fused-ring (bicyclic) bond motifs is 2. The van der Waals surface area contributed by atoms with E-state index in [0.29, 0.717) is 0 Å². The van der Waals surface area contributed by atoms with Crippen LogP contribution >= 0.6 is 0 Å². The van der Waals surface area contributed by atoms with Crippen molar-refractivity contribution in [1.29, 1.82) is 0 Å². The number of pyridine rings is 1. The summed E-state index contributed by atoms with van der Waals surface area (Å²) in [7, 11) is 0. The highest BCUT2D eigenvalue weighted by molar-refractivity contribution is 6.24. The van der Waals surface area contributed by atoms with Crippen LogP contribution in [0.4, 0.5) is 0 Å². The second kappa shape index (κ2) is 7.32. The average Bonchev–Trinajstić information content (AvgIpc) is 3.03. The van der Waals surface area contributed by atoms with E-state index >= 15 is 0 Å². The number of nitrogens with one attached hydrogen (secondary N) is 1. The van der Waals surface area contributed by atoms with Gasteiger partial charge in [0.2, 0.25) is 11.8 Å². The molecule has 1 saturated heterocycles. The van der Waals surface area contributed by atoms with Gasteiger partial charge in [0.05, 0.1) is 16.6 Å². The van der Waals surface area contributed by atoms with Crippen LogP contribution in [0.2, 0.25) is 0 Å². The molecule has 3 heterocycles. The number of benzene rings is 2. The molecule has 1 fully saturated rings. The van der Waals surface area contributed by atoms with E-state index in [2.05, 4.69) is 10.3 Å². The van der Waals surface area contributed by atoms with Crippen LogP contribution in [0.1, 0.15) is 39.1 Å². The molecule has 3 aromatic rings. The van der Waals surface area contributed by atoms with Crippen LogP contribution < -0.4 is 10.1 Å². The van der Waals surface area contributed by atoms with Crippen LogP contribution in [0.3, 0.4) is 0 Å². The Hall–Kier alpha value is -4.07. The lowest BCUT2D eigenvalue weighted by Crippen LogP contribution is -2.54. The minimum absolute atomic E-state index is 0.0716. The monoisotopic (exact) mass is 415 g/mol. The Kier molecular flexibility index (Phi) is 4.47. The second-order valence-corrected chi connectivity index (χ2v) is 7.45. The number of aromatic nitrogens is 1. The fraction of sp³-hybridized carbons (Fsp3) is 0.174. The van der Waals surface area contributed by atoms with E-state index in [1.54, 1.807) is 18.3 Å². The molecule has 0 saturated carbocycles. The molecule has 0 radical (unpaired) electrons. The lowest BCUT2D eigenvalue weighted by molar-refractivity contribution is -0.136. The van der Waals surface area contributed by atoms with Crippen molar-refractivity contribution in [2.75, 3.05) is 0 Å². The first kappa shape index (κ1) is 18.9. The SMILES string of the molecule is O=C1CC[C@H](N2C(=O)c3cccc(OCc4cnc5ccccc5c4)c3C2=O)C(=O)N1. The van der Waals surface area contributed by atoms with Crippen molar-refractivity contribution in [2.45, 2.75) is 25.5 Å². The maximum Gasteiger partial charge on any atom is 0.266 e. The normalized spacial score (nSPS) is 18.3. The van der Waals surface area contributed by atoms with Crippen LogP contribution in [0.25, 0.3) is 10.9 Å². The number of ether oxygens (including phenoxy) is 1. The van der Waals surface area contributed by atoms with Crippen molar-refractivity contribution in [3.63, 3.8) is 0 Å².